The first-order chi connectivity index (χ1) is 23.4. The highest BCUT2D eigenvalue weighted by molar-refractivity contribution is 7.92. The quantitative estimate of drug-likeness (QED) is 0.213. The summed E-state index contributed by atoms with van der Waals surface area (Å²) in [6.45, 7) is 0. The molecule has 5 saturated carbocycles. The molecule has 3 heterocycles. The minimum atomic E-state index is -4.83. The van der Waals surface area contributed by atoms with Crippen molar-refractivity contribution in [2.24, 2.45) is 29.6 Å². The van der Waals surface area contributed by atoms with Crippen LogP contribution in [0.25, 0.3) is 21.8 Å². The minimum absolute atomic E-state index is 0.0199. The summed E-state index contributed by atoms with van der Waals surface area (Å²) in [7, 11) is -7.85. The fourth-order valence-corrected chi connectivity index (χ4v) is 14.2. The van der Waals surface area contributed by atoms with Crippen molar-refractivity contribution < 1.29 is 30.0 Å². The first-order valence-corrected chi connectivity index (χ1v) is 20.6. The number of benzene rings is 2. The number of hydrogen-bond donors (Lipinski definition) is 2. The number of fused-ring (bicyclic) bond motifs is 1. The number of hydrogen-bond acceptors (Lipinski definition) is 9. The second-order valence-electron chi connectivity index (χ2n) is 14.6. The van der Waals surface area contributed by atoms with E-state index in [2.05, 4.69) is 10.3 Å². The van der Waals surface area contributed by atoms with Crippen LogP contribution in [0.4, 0.5) is 24.8 Å². The molecule has 3 atom stereocenters. The van der Waals surface area contributed by atoms with Crippen LogP contribution in [0.15, 0.2) is 53.6 Å². The van der Waals surface area contributed by atoms with Gasteiger partial charge in [-0.25, -0.2) is 45.0 Å². The number of aromatic nitrogens is 3. The van der Waals surface area contributed by atoms with Gasteiger partial charge in [-0.3, -0.25) is 4.72 Å². The molecule has 0 radical (unpaired) electrons. The van der Waals surface area contributed by atoms with Crippen molar-refractivity contribution in [1.29, 1.82) is 0 Å². The maximum Gasteiger partial charge on any atom is 0.267 e. The van der Waals surface area contributed by atoms with Crippen LogP contribution in [0.5, 0.6) is 0 Å². The lowest BCUT2D eigenvalue weighted by molar-refractivity contribution is -0.00524. The molecule has 9 nitrogen and oxygen atoms in total. The first kappa shape index (κ1) is 31.4. The third-order valence-electron chi connectivity index (χ3n) is 11.2. The molecule has 10 rings (SSSR count). The summed E-state index contributed by atoms with van der Waals surface area (Å²) in [6, 6.07) is 8.53. The Balaban J connectivity index is 1.11. The van der Waals surface area contributed by atoms with E-state index in [1.54, 1.807) is 12.3 Å². The van der Waals surface area contributed by atoms with E-state index in [-0.39, 0.29) is 40.4 Å². The van der Waals surface area contributed by atoms with Crippen LogP contribution in [0.2, 0.25) is 0 Å². The third-order valence-corrected chi connectivity index (χ3v) is 15.7. The highest BCUT2D eigenvalue weighted by atomic mass is 32.2. The summed E-state index contributed by atoms with van der Waals surface area (Å²) < 4.78 is 97.6. The predicted octanol–water partition coefficient (Wildman–Crippen LogP) is 6.41. The van der Waals surface area contributed by atoms with Crippen molar-refractivity contribution in [2.45, 2.75) is 54.9 Å². The number of thiazole rings is 1. The summed E-state index contributed by atoms with van der Waals surface area (Å²) in [6.07, 6.45) is 8.35. The molecule has 5 aliphatic carbocycles. The van der Waals surface area contributed by atoms with Crippen LogP contribution in [-0.2, 0) is 25.3 Å². The summed E-state index contributed by atoms with van der Waals surface area (Å²) in [5, 5.41) is 4.20. The lowest BCUT2D eigenvalue weighted by Gasteiger charge is -2.56. The minimum Gasteiger partial charge on any atom is -0.351 e. The highest BCUT2D eigenvalue weighted by Crippen LogP contribution is 2.62. The molecule has 0 amide bonds. The van der Waals surface area contributed by atoms with Gasteiger partial charge in [0.15, 0.2) is 20.5 Å². The summed E-state index contributed by atoms with van der Waals surface area (Å²) in [5.74, 6) is -0.965. The van der Waals surface area contributed by atoms with Crippen LogP contribution in [0.1, 0.15) is 43.5 Å². The molecule has 49 heavy (non-hydrogen) atoms. The van der Waals surface area contributed by atoms with Crippen molar-refractivity contribution in [3.05, 3.63) is 71.1 Å². The Labute approximate surface area is 285 Å². The summed E-state index contributed by atoms with van der Waals surface area (Å²) in [5.41, 5.74) is 0.209. The number of sulfone groups is 1. The molecule has 6 aliphatic rings. The maximum atomic E-state index is 16.5. The molecule has 2 aromatic carbocycles. The fourth-order valence-electron chi connectivity index (χ4n) is 9.48. The van der Waals surface area contributed by atoms with E-state index in [9.17, 15) is 25.6 Å². The number of nitrogens with one attached hydrogen (secondary N) is 2. The molecule has 4 aromatic rings. The lowest BCUT2D eigenvalue weighted by Crippen LogP contribution is -2.48. The summed E-state index contributed by atoms with van der Waals surface area (Å²) in [4.78, 5) is 13.7. The molecule has 1 aliphatic heterocycles. The average Bonchev–Trinajstić information content (AvgIpc) is 3.34. The van der Waals surface area contributed by atoms with Crippen LogP contribution >= 0.6 is 11.3 Å². The molecular weight excluding hydrogens is 696 g/mol. The highest BCUT2D eigenvalue weighted by Gasteiger charge is 2.59. The van der Waals surface area contributed by atoms with Gasteiger partial charge in [0, 0.05) is 23.2 Å². The molecule has 1 saturated heterocycles. The van der Waals surface area contributed by atoms with Crippen LogP contribution in [0.3, 0.4) is 0 Å². The van der Waals surface area contributed by atoms with Crippen LogP contribution in [-0.4, -0.2) is 49.3 Å². The summed E-state index contributed by atoms with van der Waals surface area (Å²) >= 11 is 1.47. The van der Waals surface area contributed by atoms with E-state index < -0.39 is 47.9 Å². The van der Waals surface area contributed by atoms with Crippen LogP contribution < -0.4 is 10.0 Å². The predicted molar refractivity (Wildman–Crippen MR) is 179 cm³/mol. The number of halogens is 3. The maximum absolute atomic E-state index is 16.5. The van der Waals surface area contributed by atoms with E-state index in [1.165, 1.54) is 48.8 Å². The van der Waals surface area contributed by atoms with Gasteiger partial charge in [-0.15, -0.1) is 11.3 Å². The molecule has 2 aromatic heterocycles. The van der Waals surface area contributed by atoms with Crippen molar-refractivity contribution in [1.82, 2.24) is 15.0 Å². The van der Waals surface area contributed by atoms with E-state index in [1.807, 2.05) is 4.72 Å². The molecule has 0 spiro atoms. The Morgan fingerprint density at radius 3 is 2.14 bits per heavy atom. The normalized spacial score (nSPS) is 30.7. The van der Waals surface area contributed by atoms with Gasteiger partial charge in [0.25, 0.3) is 10.0 Å². The first-order valence-electron chi connectivity index (χ1n) is 16.5. The zero-order valence-corrected chi connectivity index (χ0v) is 28.5. The van der Waals surface area contributed by atoms with E-state index >= 15 is 4.39 Å². The monoisotopic (exact) mass is 727 g/mol. The smallest absolute Gasteiger partial charge is 0.267 e. The van der Waals surface area contributed by atoms with Gasteiger partial charge >= 0.3 is 0 Å². The molecule has 256 valence electrons. The Kier molecular flexibility index (Phi) is 7.03. The standard InChI is InChI=1S/C34H32F3N5O4S3/c35-23-4-2-5-24(36)31(23)49(45,46)42-25-6-1-3-20(27(25)37)29-30(47-32(40-29)34-12-17-9-18(13-34)11-19(10-17)14-34)26-7-8-38-33(39-26)41-28-21-15-48(43,44)16-22(21)28/h1-8,17-19,21-22,28,42H,9-16H2,(H,38,39,41)/t17?,18?,19?,21-,22+,28?,34?. The number of sulfonamides is 1. The topological polar surface area (TPSA) is 131 Å². The molecule has 6 fully saturated rings. The Hall–Kier alpha value is -3.56. The molecule has 15 heteroatoms. The fraction of sp³-hybridized carbons (Fsp3) is 0.441. The average molecular weight is 728 g/mol. The Morgan fingerprint density at radius 2 is 1.49 bits per heavy atom. The van der Waals surface area contributed by atoms with Gasteiger partial charge in [-0.2, -0.15) is 0 Å². The van der Waals surface area contributed by atoms with E-state index in [0.717, 1.165) is 42.5 Å². The van der Waals surface area contributed by atoms with Gasteiger partial charge in [-0.1, -0.05) is 12.1 Å². The molecule has 1 unspecified atom stereocenters. The zero-order valence-electron chi connectivity index (χ0n) is 26.1. The van der Waals surface area contributed by atoms with Crippen molar-refractivity contribution in [3.8, 4) is 21.8 Å². The molecular formula is C34H32F3N5O4S3. The van der Waals surface area contributed by atoms with Crippen molar-refractivity contribution >= 4 is 42.8 Å². The van der Waals surface area contributed by atoms with E-state index in [0.29, 0.717) is 40.0 Å². The molecule has 2 N–H and O–H groups in total. The van der Waals surface area contributed by atoms with Gasteiger partial charge in [-0.05, 0) is 98.4 Å². The largest absolute Gasteiger partial charge is 0.351 e. The Morgan fingerprint density at radius 1 is 0.857 bits per heavy atom. The SMILES string of the molecule is O=S1(=O)C[C@@H]2C(Nc3nccc(-c4sc(C56CC7CC(CC(C7)C5)C6)nc4-c4cccc(NS(=O)(=O)c5c(F)cccc5F)c4F)n3)[C@@H]2C1. The van der Waals surface area contributed by atoms with E-state index in [4.69, 9.17) is 9.97 Å². The molecule has 4 bridgehead atoms. The van der Waals surface area contributed by atoms with Gasteiger partial charge in [0.1, 0.15) is 16.6 Å². The Bertz CT molecular complexity index is 2170. The number of anilines is 2. The van der Waals surface area contributed by atoms with Gasteiger partial charge in [0.2, 0.25) is 5.95 Å². The van der Waals surface area contributed by atoms with Crippen molar-refractivity contribution in [3.63, 3.8) is 0 Å². The second kappa shape index (κ2) is 11.0. The number of nitrogens with zero attached hydrogens (tertiary/aromatic N) is 3. The third kappa shape index (κ3) is 5.34. The van der Waals surface area contributed by atoms with Crippen molar-refractivity contribution in [2.75, 3.05) is 21.5 Å². The van der Waals surface area contributed by atoms with Gasteiger partial charge in [0.05, 0.1) is 33.5 Å². The lowest BCUT2D eigenvalue weighted by atomic mass is 9.50. The van der Waals surface area contributed by atoms with Crippen LogP contribution in [0, 0.1) is 47.0 Å². The van der Waals surface area contributed by atoms with Gasteiger partial charge < -0.3 is 5.32 Å². The number of rotatable bonds is 8. The zero-order chi connectivity index (χ0) is 33.9. The second-order valence-corrected chi connectivity index (χ2v) is 19.3.